The maximum absolute atomic E-state index is 13.6. The zero-order chi connectivity index (χ0) is 14.6. The van der Waals surface area contributed by atoms with E-state index >= 15 is 0 Å². The zero-order valence-electron chi connectivity index (χ0n) is 11.0. The lowest BCUT2D eigenvalue weighted by atomic mass is 10.2. The van der Waals surface area contributed by atoms with E-state index in [1.165, 1.54) is 18.5 Å². The number of sulfonamides is 1. The Morgan fingerprint density at radius 3 is 2.90 bits per heavy atom. The van der Waals surface area contributed by atoms with Gasteiger partial charge in [0.15, 0.2) is 0 Å². The van der Waals surface area contributed by atoms with Crippen LogP contribution in [0.1, 0.15) is 12.0 Å². The summed E-state index contributed by atoms with van der Waals surface area (Å²) >= 11 is 0. The van der Waals surface area contributed by atoms with Gasteiger partial charge in [0, 0.05) is 13.1 Å². The Morgan fingerprint density at radius 1 is 1.40 bits per heavy atom. The van der Waals surface area contributed by atoms with Crippen LogP contribution in [0.3, 0.4) is 0 Å². The number of hydrogen-bond donors (Lipinski definition) is 1. The smallest absolute Gasteiger partial charge is 0.243 e. The van der Waals surface area contributed by atoms with E-state index in [0.29, 0.717) is 18.5 Å². The van der Waals surface area contributed by atoms with Crippen LogP contribution in [-0.4, -0.2) is 29.7 Å². The molecule has 0 aliphatic rings. The summed E-state index contributed by atoms with van der Waals surface area (Å²) in [5, 5.41) is 3.90. The molecular formula is C12H15FN4O2S. The van der Waals surface area contributed by atoms with Gasteiger partial charge in [0.2, 0.25) is 10.0 Å². The minimum absolute atomic E-state index is 0.204. The first kappa shape index (κ1) is 14.6. The van der Waals surface area contributed by atoms with Crippen LogP contribution in [0.5, 0.6) is 0 Å². The van der Waals surface area contributed by atoms with E-state index in [-0.39, 0.29) is 11.4 Å². The van der Waals surface area contributed by atoms with Crippen molar-refractivity contribution in [2.75, 3.05) is 6.54 Å². The molecular weight excluding hydrogens is 283 g/mol. The second-order valence-corrected chi connectivity index (χ2v) is 6.08. The van der Waals surface area contributed by atoms with Gasteiger partial charge < -0.3 is 0 Å². The van der Waals surface area contributed by atoms with E-state index in [2.05, 4.69) is 14.8 Å². The molecule has 0 spiro atoms. The van der Waals surface area contributed by atoms with Crippen molar-refractivity contribution in [2.45, 2.75) is 24.8 Å². The first-order valence-electron chi connectivity index (χ1n) is 6.07. The van der Waals surface area contributed by atoms with Gasteiger partial charge in [-0.3, -0.25) is 4.68 Å². The third-order valence-corrected chi connectivity index (χ3v) is 4.17. The number of hydrogen-bond acceptors (Lipinski definition) is 4. The van der Waals surface area contributed by atoms with Crippen molar-refractivity contribution in [1.29, 1.82) is 0 Å². The molecule has 0 aliphatic heterocycles. The van der Waals surface area contributed by atoms with Gasteiger partial charge in [-0.05, 0) is 31.0 Å². The molecule has 1 heterocycles. The van der Waals surface area contributed by atoms with Crippen LogP contribution in [0.25, 0.3) is 0 Å². The van der Waals surface area contributed by atoms with Gasteiger partial charge >= 0.3 is 0 Å². The number of rotatable bonds is 6. The Labute approximate surface area is 116 Å². The van der Waals surface area contributed by atoms with Gasteiger partial charge in [-0.2, -0.15) is 5.10 Å². The molecule has 0 saturated heterocycles. The number of nitrogens with one attached hydrogen (secondary N) is 1. The van der Waals surface area contributed by atoms with Gasteiger partial charge in [0.1, 0.15) is 23.4 Å². The summed E-state index contributed by atoms with van der Waals surface area (Å²) in [6, 6.07) is 3.99. The van der Waals surface area contributed by atoms with Crippen molar-refractivity contribution in [2.24, 2.45) is 0 Å². The molecule has 108 valence electrons. The fraction of sp³-hybridized carbons (Fsp3) is 0.333. The summed E-state index contributed by atoms with van der Waals surface area (Å²) in [6.45, 7) is 2.46. The number of halogens is 1. The molecule has 0 unspecified atom stereocenters. The third-order valence-electron chi connectivity index (χ3n) is 2.70. The largest absolute Gasteiger partial charge is 0.253 e. The average molecular weight is 298 g/mol. The molecule has 1 aromatic heterocycles. The van der Waals surface area contributed by atoms with Crippen LogP contribution in [0.15, 0.2) is 35.7 Å². The molecule has 2 aromatic rings. The maximum atomic E-state index is 13.6. The number of aromatic nitrogens is 3. The molecule has 2 rings (SSSR count). The van der Waals surface area contributed by atoms with Crippen LogP contribution in [0, 0.1) is 12.7 Å². The lowest BCUT2D eigenvalue weighted by molar-refractivity contribution is 0.541. The van der Waals surface area contributed by atoms with Gasteiger partial charge in [-0.15, -0.1) is 0 Å². The second kappa shape index (κ2) is 6.10. The van der Waals surface area contributed by atoms with Crippen molar-refractivity contribution in [1.82, 2.24) is 19.5 Å². The summed E-state index contributed by atoms with van der Waals surface area (Å²) < 4.78 is 41.5. The molecule has 1 aromatic carbocycles. The lowest BCUT2D eigenvalue weighted by Gasteiger charge is -2.08. The normalized spacial score (nSPS) is 11.7. The van der Waals surface area contributed by atoms with E-state index in [9.17, 15) is 12.8 Å². The van der Waals surface area contributed by atoms with E-state index in [1.807, 2.05) is 0 Å². The molecule has 0 fully saturated rings. The van der Waals surface area contributed by atoms with Crippen molar-refractivity contribution in [3.05, 3.63) is 42.2 Å². The van der Waals surface area contributed by atoms with Gasteiger partial charge in [-0.1, -0.05) is 6.07 Å². The summed E-state index contributed by atoms with van der Waals surface area (Å²) in [5.74, 6) is -0.751. The fourth-order valence-electron chi connectivity index (χ4n) is 1.69. The zero-order valence-corrected chi connectivity index (χ0v) is 11.8. The lowest BCUT2D eigenvalue weighted by Crippen LogP contribution is -2.26. The minimum atomic E-state index is -3.82. The first-order chi connectivity index (χ1) is 9.49. The molecule has 0 bridgehead atoms. The predicted octanol–water partition coefficient (Wildman–Crippen LogP) is 1.09. The van der Waals surface area contributed by atoms with E-state index < -0.39 is 15.8 Å². The third kappa shape index (κ3) is 3.61. The SMILES string of the molecule is Cc1ccc(F)c(S(=O)(=O)NCCCn2cncn2)c1. The average Bonchev–Trinajstić information content (AvgIpc) is 2.90. The first-order valence-corrected chi connectivity index (χ1v) is 7.55. The highest BCUT2D eigenvalue weighted by molar-refractivity contribution is 7.89. The van der Waals surface area contributed by atoms with Crippen molar-refractivity contribution >= 4 is 10.0 Å². The number of benzene rings is 1. The van der Waals surface area contributed by atoms with E-state index in [4.69, 9.17) is 0 Å². The Kier molecular flexibility index (Phi) is 4.46. The quantitative estimate of drug-likeness (QED) is 0.810. The highest BCUT2D eigenvalue weighted by Crippen LogP contribution is 2.15. The molecule has 6 nitrogen and oxygen atoms in total. The highest BCUT2D eigenvalue weighted by Gasteiger charge is 2.18. The number of aryl methyl sites for hydroxylation is 2. The summed E-state index contributed by atoms with van der Waals surface area (Å²) in [7, 11) is -3.82. The summed E-state index contributed by atoms with van der Waals surface area (Å²) in [5.41, 5.74) is 0.689. The standard InChI is InChI=1S/C12H15FN4O2S/c1-10-3-4-11(13)12(7-10)20(18,19)16-5-2-6-17-9-14-8-15-17/h3-4,7-9,16H,2,5-6H2,1H3. The molecule has 20 heavy (non-hydrogen) atoms. The number of nitrogens with zero attached hydrogens (tertiary/aromatic N) is 3. The van der Waals surface area contributed by atoms with Crippen LogP contribution in [-0.2, 0) is 16.6 Å². The molecule has 0 atom stereocenters. The maximum Gasteiger partial charge on any atom is 0.243 e. The topological polar surface area (TPSA) is 76.9 Å². The molecule has 0 saturated carbocycles. The molecule has 8 heteroatoms. The fourth-order valence-corrected chi connectivity index (χ4v) is 2.92. The van der Waals surface area contributed by atoms with Crippen LogP contribution >= 0.6 is 0 Å². The van der Waals surface area contributed by atoms with Gasteiger partial charge in [-0.25, -0.2) is 22.5 Å². The predicted molar refractivity (Wildman–Crippen MR) is 71.0 cm³/mol. The molecule has 0 radical (unpaired) electrons. The van der Waals surface area contributed by atoms with Crippen LogP contribution in [0.4, 0.5) is 4.39 Å². The summed E-state index contributed by atoms with van der Waals surface area (Å²) in [6.07, 6.45) is 3.50. The van der Waals surface area contributed by atoms with Crippen molar-refractivity contribution in [3.63, 3.8) is 0 Å². The second-order valence-electron chi connectivity index (χ2n) is 4.34. The van der Waals surface area contributed by atoms with Crippen molar-refractivity contribution < 1.29 is 12.8 Å². The van der Waals surface area contributed by atoms with E-state index in [0.717, 1.165) is 6.07 Å². The monoisotopic (exact) mass is 298 g/mol. The Hall–Kier alpha value is -1.80. The minimum Gasteiger partial charge on any atom is -0.253 e. The van der Waals surface area contributed by atoms with E-state index in [1.54, 1.807) is 17.9 Å². The molecule has 0 aliphatic carbocycles. The molecule has 0 amide bonds. The Balaban J connectivity index is 1.95. The highest BCUT2D eigenvalue weighted by atomic mass is 32.2. The molecule has 1 N–H and O–H groups in total. The van der Waals surface area contributed by atoms with Gasteiger partial charge in [0.05, 0.1) is 0 Å². The Morgan fingerprint density at radius 2 is 2.20 bits per heavy atom. The van der Waals surface area contributed by atoms with Crippen LogP contribution < -0.4 is 4.72 Å². The van der Waals surface area contributed by atoms with Crippen molar-refractivity contribution in [3.8, 4) is 0 Å². The van der Waals surface area contributed by atoms with Gasteiger partial charge in [0.25, 0.3) is 0 Å². The van der Waals surface area contributed by atoms with Crippen LogP contribution in [0.2, 0.25) is 0 Å². The Bertz CT molecular complexity index is 671. The summed E-state index contributed by atoms with van der Waals surface area (Å²) in [4.78, 5) is 3.46.